The average molecular weight is 374 g/mol. The van der Waals surface area contributed by atoms with Gasteiger partial charge < -0.3 is 15.5 Å². The van der Waals surface area contributed by atoms with Crippen LogP contribution in [0.5, 0.6) is 0 Å². The Hall–Kier alpha value is -3.48. The van der Waals surface area contributed by atoms with E-state index in [1.54, 1.807) is 18.3 Å². The molecule has 1 saturated heterocycles. The average Bonchev–Trinajstić information content (AvgIpc) is 3.29. The van der Waals surface area contributed by atoms with E-state index in [0.717, 1.165) is 24.5 Å². The topological polar surface area (TPSA) is 83.0 Å². The van der Waals surface area contributed by atoms with Gasteiger partial charge in [0.2, 0.25) is 0 Å². The van der Waals surface area contributed by atoms with Gasteiger partial charge in [0.25, 0.3) is 5.91 Å². The van der Waals surface area contributed by atoms with Crippen LogP contribution in [-0.4, -0.2) is 34.2 Å². The molecule has 0 atom stereocenters. The molecule has 0 aliphatic carbocycles. The molecule has 3 heterocycles. The van der Waals surface area contributed by atoms with E-state index in [1.165, 1.54) is 18.5 Å². The molecule has 1 amide bonds. The van der Waals surface area contributed by atoms with E-state index in [4.69, 9.17) is 0 Å². The third-order valence-electron chi connectivity index (χ3n) is 4.67. The second-order valence-corrected chi connectivity index (χ2v) is 6.67. The molecular weight excluding hydrogens is 352 g/mol. The van der Waals surface area contributed by atoms with Crippen molar-refractivity contribution in [1.82, 2.24) is 15.2 Å². The van der Waals surface area contributed by atoms with Crippen molar-refractivity contribution in [3.05, 3.63) is 72.2 Å². The highest BCUT2D eigenvalue weighted by molar-refractivity contribution is 6.02. The number of nitrogens with zero attached hydrogens (tertiary/aromatic N) is 4. The molecule has 142 valence electrons. The zero-order chi connectivity index (χ0) is 19.2. The molecule has 1 aliphatic rings. The van der Waals surface area contributed by atoms with Gasteiger partial charge >= 0.3 is 0 Å². The molecule has 2 N–H and O–H groups in total. The zero-order valence-electron chi connectivity index (χ0n) is 15.5. The van der Waals surface area contributed by atoms with Gasteiger partial charge in [-0.05, 0) is 61.4 Å². The number of anilines is 3. The molecule has 0 bridgehead atoms. The Balaban J connectivity index is 1.33. The third kappa shape index (κ3) is 4.43. The van der Waals surface area contributed by atoms with Gasteiger partial charge in [0.1, 0.15) is 5.82 Å². The molecule has 7 heteroatoms. The quantitative estimate of drug-likeness (QED) is 0.689. The summed E-state index contributed by atoms with van der Waals surface area (Å²) in [7, 11) is 0. The number of aromatic nitrogens is 3. The number of carbonyl (C=O) groups excluding carboxylic acids is 1. The Bertz CT molecular complexity index is 906. The second kappa shape index (κ2) is 8.47. The molecule has 0 spiro atoms. The Morgan fingerprint density at radius 1 is 0.964 bits per heavy atom. The summed E-state index contributed by atoms with van der Waals surface area (Å²) in [4.78, 5) is 19.0. The monoisotopic (exact) mass is 374 g/mol. The molecule has 1 aliphatic heterocycles. The van der Waals surface area contributed by atoms with E-state index in [1.807, 2.05) is 42.5 Å². The van der Waals surface area contributed by atoms with Crippen molar-refractivity contribution in [2.24, 2.45) is 0 Å². The summed E-state index contributed by atoms with van der Waals surface area (Å²) in [5.41, 5.74) is 3.11. The number of rotatable bonds is 6. The lowest BCUT2D eigenvalue weighted by molar-refractivity contribution is 0.102. The highest BCUT2D eigenvalue weighted by atomic mass is 16.1. The molecule has 0 saturated carbocycles. The summed E-state index contributed by atoms with van der Waals surface area (Å²) in [5.74, 6) is 0.315. The first-order valence-electron chi connectivity index (χ1n) is 9.42. The molecule has 3 aromatic rings. The van der Waals surface area contributed by atoms with Gasteiger partial charge in [-0.25, -0.2) is 0 Å². The van der Waals surface area contributed by atoms with Gasteiger partial charge in [0, 0.05) is 30.7 Å². The first-order valence-corrected chi connectivity index (χ1v) is 9.42. The number of benzene rings is 1. The van der Waals surface area contributed by atoms with Crippen LogP contribution in [0.2, 0.25) is 0 Å². The fourth-order valence-electron chi connectivity index (χ4n) is 3.16. The standard InChI is InChI=1S/C21H22N6O/c28-21(24-16-6-8-18(9-7-16)27-13-3-4-14-27)19-10-11-20(26-25-19)23-15-17-5-1-2-12-22-17/h1-2,5-12H,3-4,13-15H2,(H,23,26)(H,24,28). The molecule has 0 unspecified atom stereocenters. The van der Waals surface area contributed by atoms with Gasteiger partial charge in [-0.1, -0.05) is 6.07 Å². The largest absolute Gasteiger partial charge is 0.372 e. The van der Waals surface area contributed by atoms with E-state index < -0.39 is 0 Å². The van der Waals surface area contributed by atoms with Gasteiger partial charge in [0.05, 0.1) is 12.2 Å². The van der Waals surface area contributed by atoms with Crippen molar-refractivity contribution < 1.29 is 4.79 Å². The summed E-state index contributed by atoms with van der Waals surface area (Å²) >= 11 is 0. The molecule has 2 aromatic heterocycles. The van der Waals surface area contributed by atoms with Crippen molar-refractivity contribution in [2.75, 3.05) is 28.6 Å². The number of pyridine rings is 1. The number of hydrogen-bond donors (Lipinski definition) is 2. The Morgan fingerprint density at radius 2 is 1.79 bits per heavy atom. The Morgan fingerprint density at radius 3 is 2.46 bits per heavy atom. The van der Waals surface area contributed by atoms with Crippen LogP contribution in [0.15, 0.2) is 60.8 Å². The molecule has 0 radical (unpaired) electrons. The predicted octanol–water partition coefficient (Wildman–Crippen LogP) is 3.34. The summed E-state index contributed by atoms with van der Waals surface area (Å²) in [6.07, 6.45) is 4.22. The molecule has 1 aromatic carbocycles. The lowest BCUT2D eigenvalue weighted by Gasteiger charge is -2.17. The first kappa shape index (κ1) is 17.9. The van der Waals surface area contributed by atoms with Crippen LogP contribution in [0.3, 0.4) is 0 Å². The van der Waals surface area contributed by atoms with Crippen LogP contribution >= 0.6 is 0 Å². The minimum atomic E-state index is -0.280. The summed E-state index contributed by atoms with van der Waals surface area (Å²) < 4.78 is 0. The maximum absolute atomic E-state index is 12.4. The van der Waals surface area contributed by atoms with Crippen molar-refractivity contribution in [3.63, 3.8) is 0 Å². The normalized spacial score (nSPS) is 13.4. The van der Waals surface area contributed by atoms with Crippen LogP contribution < -0.4 is 15.5 Å². The summed E-state index contributed by atoms with van der Waals surface area (Å²) in [6, 6.07) is 17.0. The molecule has 4 rings (SSSR count). The van der Waals surface area contributed by atoms with Crippen LogP contribution in [0, 0.1) is 0 Å². The number of carbonyl (C=O) groups is 1. The summed E-state index contributed by atoms with van der Waals surface area (Å²) in [6.45, 7) is 2.74. The predicted molar refractivity (Wildman–Crippen MR) is 109 cm³/mol. The number of nitrogens with one attached hydrogen (secondary N) is 2. The van der Waals surface area contributed by atoms with E-state index in [9.17, 15) is 4.79 Å². The molecule has 1 fully saturated rings. The Kier molecular flexibility index (Phi) is 5.42. The van der Waals surface area contributed by atoms with E-state index in [2.05, 4.69) is 30.7 Å². The van der Waals surface area contributed by atoms with Crippen LogP contribution in [0.4, 0.5) is 17.2 Å². The van der Waals surface area contributed by atoms with Crippen molar-refractivity contribution >= 4 is 23.1 Å². The fraction of sp³-hybridized carbons (Fsp3) is 0.238. The molecule has 7 nitrogen and oxygen atoms in total. The maximum atomic E-state index is 12.4. The summed E-state index contributed by atoms with van der Waals surface area (Å²) in [5, 5.41) is 14.1. The van der Waals surface area contributed by atoms with Crippen LogP contribution in [0.1, 0.15) is 29.0 Å². The van der Waals surface area contributed by atoms with E-state index in [-0.39, 0.29) is 11.6 Å². The fourth-order valence-corrected chi connectivity index (χ4v) is 3.16. The van der Waals surface area contributed by atoms with Crippen LogP contribution in [0.25, 0.3) is 0 Å². The second-order valence-electron chi connectivity index (χ2n) is 6.67. The number of hydrogen-bond acceptors (Lipinski definition) is 6. The number of amides is 1. The maximum Gasteiger partial charge on any atom is 0.276 e. The van der Waals surface area contributed by atoms with Gasteiger partial charge in [0.15, 0.2) is 5.69 Å². The van der Waals surface area contributed by atoms with E-state index in [0.29, 0.717) is 12.4 Å². The first-order chi connectivity index (χ1) is 13.8. The highest BCUT2D eigenvalue weighted by Gasteiger charge is 2.13. The van der Waals surface area contributed by atoms with Gasteiger partial charge in [-0.15, -0.1) is 10.2 Å². The van der Waals surface area contributed by atoms with Gasteiger partial charge in [-0.3, -0.25) is 9.78 Å². The van der Waals surface area contributed by atoms with Crippen molar-refractivity contribution in [1.29, 1.82) is 0 Å². The lowest BCUT2D eigenvalue weighted by atomic mass is 10.2. The molecular formula is C21H22N6O. The SMILES string of the molecule is O=C(Nc1ccc(N2CCCC2)cc1)c1ccc(NCc2ccccn2)nn1. The van der Waals surface area contributed by atoms with E-state index >= 15 is 0 Å². The smallest absolute Gasteiger partial charge is 0.276 e. The van der Waals surface area contributed by atoms with Crippen molar-refractivity contribution in [2.45, 2.75) is 19.4 Å². The Labute approximate surface area is 163 Å². The zero-order valence-corrected chi connectivity index (χ0v) is 15.5. The molecule has 28 heavy (non-hydrogen) atoms. The lowest BCUT2D eigenvalue weighted by Crippen LogP contribution is -2.18. The van der Waals surface area contributed by atoms with Crippen LogP contribution in [-0.2, 0) is 6.54 Å². The minimum Gasteiger partial charge on any atom is -0.372 e. The van der Waals surface area contributed by atoms with Gasteiger partial charge in [-0.2, -0.15) is 0 Å². The van der Waals surface area contributed by atoms with Crippen molar-refractivity contribution in [3.8, 4) is 0 Å². The highest BCUT2D eigenvalue weighted by Crippen LogP contribution is 2.22. The third-order valence-corrected chi connectivity index (χ3v) is 4.67. The minimum absolute atomic E-state index is 0.270.